The first-order chi connectivity index (χ1) is 10.7. The molecule has 0 aliphatic rings. The van der Waals surface area contributed by atoms with Crippen LogP contribution in [0.15, 0.2) is 53.7 Å². The summed E-state index contributed by atoms with van der Waals surface area (Å²) in [5.74, 6) is 0.375. The van der Waals surface area contributed by atoms with Crippen LogP contribution in [0.5, 0.6) is 5.75 Å². The van der Waals surface area contributed by atoms with E-state index in [2.05, 4.69) is 10.5 Å². The van der Waals surface area contributed by atoms with Crippen molar-refractivity contribution in [1.82, 2.24) is 0 Å². The molecular weight excluding hydrogens is 304 g/mol. The van der Waals surface area contributed by atoms with E-state index >= 15 is 0 Å². The van der Waals surface area contributed by atoms with Crippen molar-refractivity contribution >= 4 is 29.4 Å². The number of carbonyl (C=O) groups excluding carboxylic acids is 1. The number of nitrogens with one attached hydrogen (secondary N) is 1. The highest BCUT2D eigenvalue weighted by atomic mass is 35.5. The average Bonchev–Trinajstić information content (AvgIpc) is 2.54. The fourth-order valence-corrected chi connectivity index (χ4v) is 1.82. The van der Waals surface area contributed by atoms with Gasteiger partial charge in [-0.1, -0.05) is 28.9 Å². The number of hydrogen-bond donors (Lipinski definition) is 1. The Labute approximate surface area is 133 Å². The van der Waals surface area contributed by atoms with Crippen molar-refractivity contribution in [1.29, 1.82) is 0 Å². The van der Waals surface area contributed by atoms with Crippen molar-refractivity contribution < 1.29 is 14.4 Å². The normalized spacial score (nSPS) is 10.5. The number of anilines is 1. The molecule has 0 heterocycles. The lowest BCUT2D eigenvalue weighted by atomic mass is 10.2. The lowest BCUT2D eigenvalue weighted by Gasteiger charge is -2.05. The van der Waals surface area contributed by atoms with Gasteiger partial charge in [-0.3, -0.25) is 4.79 Å². The number of amides is 1. The molecule has 2 rings (SSSR count). The number of ether oxygens (including phenoxy) is 1. The standard InChI is InChI=1S/C16H15ClN2O3/c1-21-15-5-3-2-4-12(15)10-18-22-11-16(20)19-14-8-6-13(17)7-9-14/h2-10H,11H2,1H3,(H,19,20)/b18-10-. The average molecular weight is 319 g/mol. The SMILES string of the molecule is COc1ccccc1/C=N\OCC(=O)Nc1ccc(Cl)cc1. The fraction of sp³-hybridized carbons (Fsp3) is 0.125. The minimum absolute atomic E-state index is 0.186. The van der Waals surface area contributed by atoms with Gasteiger partial charge in [0.2, 0.25) is 0 Å². The highest BCUT2D eigenvalue weighted by Crippen LogP contribution is 2.15. The Morgan fingerprint density at radius 3 is 2.68 bits per heavy atom. The second-order valence-corrected chi connectivity index (χ2v) is 4.74. The third-order valence-electron chi connectivity index (χ3n) is 2.73. The third kappa shape index (κ3) is 4.79. The Kier molecular flexibility index (Phi) is 5.80. The molecule has 22 heavy (non-hydrogen) atoms. The van der Waals surface area contributed by atoms with Crippen LogP contribution in [0.2, 0.25) is 5.02 Å². The van der Waals surface area contributed by atoms with Gasteiger partial charge in [0.05, 0.1) is 13.3 Å². The molecule has 0 radical (unpaired) electrons. The van der Waals surface area contributed by atoms with Gasteiger partial charge in [-0.05, 0) is 36.4 Å². The van der Waals surface area contributed by atoms with Crippen molar-refractivity contribution in [2.75, 3.05) is 19.0 Å². The number of rotatable bonds is 6. The van der Waals surface area contributed by atoms with E-state index in [1.165, 1.54) is 6.21 Å². The number of carbonyl (C=O) groups is 1. The molecule has 1 N–H and O–H groups in total. The van der Waals surface area contributed by atoms with Gasteiger partial charge in [0, 0.05) is 16.3 Å². The zero-order valence-corrected chi connectivity index (χ0v) is 12.7. The van der Waals surface area contributed by atoms with Crippen molar-refractivity contribution in [2.24, 2.45) is 5.16 Å². The molecule has 0 aliphatic heterocycles. The summed E-state index contributed by atoms with van der Waals surface area (Å²) >= 11 is 5.77. The van der Waals surface area contributed by atoms with Gasteiger partial charge in [-0.15, -0.1) is 0 Å². The fourth-order valence-electron chi connectivity index (χ4n) is 1.69. The van der Waals surface area contributed by atoms with Crippen LogP contribution in [0, 0.1) is 0 Å². The summed E-state index contributed by atoms with van der Waals surface area (Å²) in [5.41, 5.74) is 1.41. The Bertz CT molecular complexity index is 657. The topological polar surface area (TPSA) is 59.9 Å². The predicted octanol–water partition coefficient (Wildman–Crippen LogP) is 3.34. The van der Waals surface area contributed by atoms with Crippen LogP contribution in [-0.2, 0) is 9.63 Å². The van der Waals surface area contributed by atoms with Gasteiger partial charge in [-0.25, -0.2) is 0 Å². The summed E-state index contributed by atoms with van der Waals surface area (Å²) in [6, 6.07) is 14.2. The molecule has 0 saturated heterocycles. The van der Waals surface area contributed by atoms with Gasteiger partial charge in [0.1, 0.15) is 5.75 Å². The molecule has 0 aliphatic carbocycles. The van der Waals surface area contributed by atoms with Gasteiger partial charge in [-0.2, -0.15) is 0 Å². The maximum atomic E-state index is 11.7. The Morgan fingerprint density at radius 2 is 1.95 bits per heavy atom. The number of benzene rings is 2. The minimum Gasteiger partial charge on any atom is -0.496 e. The zero-order valence-electron chi connectivity index (χ0n) is 12.0. The number of halogens is 1. The molecule has 114 valence electrons. The molecule has 0 aromatic heterocycles. The van der Waals surface area contributed by atoms with E-state index < -0.39 is 0 Å². The highest BCUT2D eigenvalue weighted by molar-refractivity contribution is 6.30. The molecule has 1 amide bonds. The number of oxime groups is 1. The molecule has 5 nitrogen and oxygen atoms in total. The quantitative estimate of drug-likeness (QED) is 0.656. The van der Waals surface area contributed by atoms with Gasteiger partial charge in [0.15, 0.2) is 6.61 Å². The van der Waals surface area contributed by atoms with E-state index in [-0.39, 0.29) is 12.5 Å². The van der Waals surface area contributed by atoms with E-state index in [0.717, 1.165) is 5.56 Å². The smallest absolute Gasteiger partial charge is 0.265 e. The monoisotopic (exact) mass is 318 g/mol. The number of nitrogens with zero attached hydrogens (tertiary/aromatic N) is 1. The summed E-state index contributed by atoms with van der Waals surface area (Å²) in [4.78, 5) is 16.6. The summed E-state index contributed by atoms with van der Waals surface area (Å²) in [5, 5.41) is 7.04. The van der Waals surface area contributed by atoms with E-state index in [1.54, 1.807) is 31.4 Å². The summed E-state index contributed by atoms with van der Waals surface area (Å²) < 4.78 is 5.18. The molecule has 2 aromatic carbocycles. The third-order valence-corrected chi connectivity index (χ3v) is 2.98. The Balaban J connectivity index is 1.81. The van der Waals surface area contributed by atoms with Crippen molar-refractivity contribution in [3.63, 3.8) is 0 Å². The van der Waals surface area contributed by atoms with Gasteiger partial charge in [0.25, 0.3) is 5.91 Å². The van der Waals surface area contributed by atoms with E-state index in [9.17, 15) is 4.79 Å². The molecular formula is C16H15ClN2O3. The van der Waals surface area contributed by atoms with Crippen LogP contribution in [0.4, 0.5) is 5.69 Å². The summed E-state index contributed by atoms with van der Waals surface area (Å²) in [6.07, 6.45) is 1.49. The van der Waals surface area contributed by atoms with Crippen LogP contribution >= 0.6 is 11.6 Å². The lowest BCUT2D eigenvalue weighted by molar-refractivity contribution is -0.120. The highest BCUT2D eigenvalue weighted by Gasteiger charge is 2.03. The maximum absolute atomic E-state index is 11.7. The number of para-hydroxylation sites is 1. The first kappa shape index (κ1) is 15.9. The first-order valence-electron chi connectivity index (χ1n) is 6.53. The van der Waals surface area contributed by atoms with E-state index in [0.29, 0.717) is 16.5 Å². The molecule has 0 fully saturated rings. The van der Waals surface area contributed by atoms with Gasteiger partial charge < -0.3 is 14.9 Å². The molecule has 0 bridgehead atoms. The van der Waals surface area contributed by atoms with Crippen LogP contribution in [-0.4, -0.2) is 25.8 Å². The van der Waals surface area contributed by atoms with Crippen molar-refractivity contribution in [3.05, 3.63) is 59.1 Å². The first-order valence-corrected chi connectivity index (χ1v) is 6.90. The second-order valence-electron chi connectivity index (χ2n) is 4.30. The summed E-state index contributed by atoms with van der Waals surface area (Å²) in [7, 11) is 1.58. The van der Waals surface area contributed by atoms with Crippen molar-refractivity contribution in [2.45, 2.75) is 0 Å². The predicted molar refractivity (Wildman–Crippen MR) is 86.6 cm³/mol. The van der Waals surface area contributed by atoms with Crippen LogP contribution in [0.1, 0.15) is 5.56 Å². The molecule has 6 heteroatoms. The van der Waals surface area contributed by atoms with Crippen LogP contribution in [0.3, 0.4) is 0 Å². The molecule has 0 atom stereocenters. The lowest BCUT2D eigenvalue weighted by Crippen LogP contribution is -2.16. The van der Waals surface area contributed by atoms with Crippen molar-refractivity contribution in [3.8, 4) is 5.75 Å². The minimum atomic E-state index is -0.306. The number of hydrogen-bond acceptors (Lipinski definition) is 4. The largest absolute Gasteiger partial charge is 0.496 e. The zero-order chi connectivity index (χ0) is 15.8. The number of methoxy groups -OCH3 is 1. The van der Waals surface area contributed by atoms with Crippen LogP contribution in [0.25, 0.3) is 0 Å². The molecule has 0 unspecified atom stereocenters. The molecule has 0 spiro atoms. The Hall–Kier alpha value is -2.53. The van der Waals surface area contributed by atoms with Crippen LogP contribution < -0.4 is 10.1 Å². The molecule has 2 aromatic rings. The van der Waals surface area contributed by atoms with Gasteiger partial charge >= 0.3 is 0 Å². The maximum Gasteiger partial charge on any atom is 0.265 e. The second kappa shape index (κ2) is 8.05. The molecule has 0 saturated carbocycles. The van der Waals surface area contributed by atoms with E-state index in [4.69, 9.17) is 21.2 Å². The van der Waals surface area contributed by atoms with E-state index in [1.807, 2.05) is 24.3 Å². The Morgan fingerprint density at radius 1 is 1.23 bits per heavy atom. The summed E-state index contributed by atoms with van der Waals surface area (Å²) in [6.45, 7) is -0.186.